The van der Waals surface area contributed by atoms with Crippen molar-refractivity contribution < 1.29 is 9.90 Å². The average Bonchev–Trinajstić information content (AvgIpc) is 2.90. The van der Waals surface area contributed by atoms with E-state index in [1.165, 1.54) is 6.20 Å². The minimum Gasteiger partial charge on any atom is -0.394 e. The van der Waals surface area contributed by atoms with E-state index in [4.69, 9.17) is 5.11 Å². The molecule has 0 unspecified atom stereocenters. The number of halogens is 1. The van der Waals surface area contributed by atoms with Gasteiger partial charge in [-0.15, -0.1) is 0 Å². The summed E-state index contributed by atoms with van der Waals surface area (Å²) in [5, 5.41) is 15.9. The van der Waals surface area contributed by atoms with Crippen LogP contribution in [0.1, 0.15) is 23.2 Å². The monoisotopic (exact) mass is 273 g/mol. The summed E-state index contributed by atoms with van der Waals surface area (Å²) < 4.78 is 2.22. The van der Waals surface area contributed by atoms with Crippen molar-refractivity contribution in [3.05, 3.63) is 16.4 Å². The number of aliphatic hydroxyl groups is 1. The molecule has 0 bridgehead atoms. The van der Waals surface area contributed by atoms with E-state index in [2.05, 4.69) is 26.3 Å². The minimum atomic E-state index is -0.383. The fourth-order valence-corrected chi connectivity index (χ4v) is 1.73. The number of hydrogen-bond acceptors (Lipinski definition) is 3. The third-order valence-corrected chi connectivity index (χ3v) is 3.59. The Morgan fingerprint density at radius 3 is 2.87 bits per heavy atom. The first-order chi connectivity index (χ1) is 7.08. The van der Waals surface area contributed by atoms with Gasteiger partial charge in [-0.25, -0.2) is 0 Å². The maximum absolute atomic E-state index is 11.8. The van der Waals surface area contributed by atoms with Gasteiger partial charge in [-0.05, 0) is 28.8 Å². The molecule has 6 heteroatoms. The first kappa shape index (κ1) is 10.6. The van der Waals surface area contributed by atoms with Crippen LogP contribution in [0.3, 0.4) is 0 Å². The number of amides is 1. The molecule has 0 atom stereocenters. The van der Waals surface area contributed by atoms with Gasteiger partial charge in [-0.1, -0.05) is 0 Å². The molecule has 1 heterocycles. The first-order valence-corrected chi connectivity index (χ1v) is 5.48. The molecule has 1 aromatic heterocycles. The lowest BCUT2D eigenvalue weighted by Crippen LogP contribution is -2.39. The second-order valence-corrected chi connectivity index (χ2v) is 4.62. The molecule has 0 spiro atoms. The first-order valence-electron chi connectivity index (χ1n) is 4.69. The summed E-state index contributed by atoms with van der Waals surface area (Å²) in [6, 6.07) is 0. The third kappa shape index (κ3) is 1.91. The Balaban J connectivity index is 2.12. The third-order valence-electron chi connectivity index (χ3n) is 2.65. The van der Waals surface area contributed by atoms with Crippen molar-refractivity contribution in [2.24, 2.45) is 7.05 Å². The van der Waals surface area contributed by atoms with E-state index in [-0.39, 0.29) is 18.1 Å². The Bertz CT molecular complexity index is 398. The van der Waals surface area contributed by atoms with Gasteiger partial charge in [0.25, 0.3) is 5.91 Å². The zero-order valence-corrected chi connectivity index (χ0v) is 9.91. The second-order valence-electron chi connectivity index (χ2n) is 3.87. The lowest BCUT2D eigenvalue weighted by atomic mass is 10.2. The highest BCUT2D eigenvalue weighted by Crippen LogP contribution is 2.35. The standard InChI is InChI=1S/C9H12BrN3O2/c1-13-7(10)6(4-11-13)8(15)12-9(5-14)2-3-9/h4,14H,2-3,5H2,1H3,(H,12,15). The number of nitrogens with zero attached hydrogens (tertiary/aromatic N) is 2. The average molecular weight is 274 g/mol. The van der Waals surface area contributed by atoms with Crippen LogP contribution in [-0.2, 0) is 7.05 Å². The van der Waals surface area contributed by atoms with Crippen LogP contribution >= 0.6 is 15.9 Å². The molecule has 5 nitrogen and oxygen atoms in total. The van der Waals surface area contributed by atoms with E-state index in [1.54, 1.807) is 11.7 Å². The molecule has 1 saturated carbocycles. The molecule has 1 amide bonds. The van der Waals surface area contributed by atoms with Crippen molar-refractivity contribution in [1.82, 2.24) is 15.1 Å². The number of carbonyl (C=O) groups excluding carboxylic acids is 1. The maximum Gasteiger partial charge on any atom is 0.256 e. The van der Waals surface area contributed by atoms with Crippen LogP contribution in [0.15, 0.2) is 10.8 Å². The molecule has 2 rings (SSSR count). The number of hydrogen-bond donors (Lipinski definition) is 2. The maximum atomic E-state index is 11.8. The van der Waals surface area contributed by atoms with E-state index in [1.807, 2.05) is 0 Å². The molecule has 82 valence electrons. The van der Waals surface area contributed by atoms with Crippen molar-refractivity contribution in [2.75, 3.05) is 6.61 Å². The smallest absolute Gasteiger partial charge is 0.256 e. The van der Waals surface area contributed by atoms with Gasteiger partial charge >= 0.3 is 0 Å². The Labute approximate surface area is 95.6 Å². The molecule has 15 heavy (non-hydrogen) atoms. The fraction of sp³-hybridized carbons (Fsp3) is 0.556. The molecule has 1 fully saturated rings. The summed E-state index contributed by atoms with van der Waals surface area (Å²) in [5.74, 6) is -0.193. The van der Waals surface area contributed by atoms with E-state index < -0.39 is 0 Å². The van der Waals surface area contributed by atoms with Crippen molar-refractivity contribution >= 4 is 21.8 Å². The van der Waals surface area contributed by atoms with Crippen LogP contribution in [0.4, 0.5) is 0 Å². The lowest BCUT2D eigenvalue weighted by molar-refractivity contribution is 0.0906. The summed E-state index contributed by atoms with van der Waals surface area (Å²) in [6.45, 7) is -0.00335. The molecule has 1 aromatic rings. The molecular weight excluding hydrogens is 262 g/mol. The summed E-state index contributed by atoms with van der Waals surface area (Å²) in [4.78, 5) is 11.8. The van der Waals surface area contributed by atoms with Crippen LogP contribution in [0, 0.1) is 0 Å². The molecule has 0 aliphatic heterocycles. The zero-order valence-electron chi connectivity index (χ0n) is 8.33. The van der Waals surface area contributed by atoms with Gasteiger partial charge in [0.2, 0.25) is 0 Å². The minimum absolute atomic E-state index is 0.00335. The summed E-state index contributed by atoms with van der Waals surface area (Å²) in [7, 11) is 1.75. The normalized spacial score (nSPS) is 17.5. The van der Waals surface area contributed by atoms with Crippen LogP contribution in [0.25, 0.3) is 0 Å². The molecule has 0 saturated heterocycles. The molecule has 2 N–H and O–H groups in total. The highest BCUT2D eigenvalue weighted by atomic mass is 79.9. The van der Waals surface area contributed by atoms with Crippen molar-refractivity contribution in [3.63, 3.8) is 0 Å². The molecular formula is C9H12BrN3O2. The van der Waals surface area contributed by atoms with E-state index in [0.29, 0.717) is 10.2 Å². The summed E-state index contributed by atoms with van der Waals surface area (Å²) >= 11 is 3.28. The molecule has 1 aliphatic carbocycles. The largest absolute Gasteiger partial charge is 0.394 e. The quantitative estimate of drug-likeness (QED) is 0.840. The van der Waals surface area contributed by atoms with Gasteiger partial charge in [0.1, 0.15) is 4.60 Å². The Morgan fingerprint density at radius 2 is 2.47 bits per heavy atom. The molecule has 0 radical (unpaired) electrons. The SMILES string of the molecule is Cn1ncc(C(=O)NC2(CO)CC2)c1Br. The summed E-state index contributed by atoms with van der Waals surface area (Å²) in [6.07, 6.45) is 3.19. The molecule has 1 aliphatic rings. The van der Waals surface area contributed by atoms with Gasteiger partial charge in [0, 0.05) is 7.05 Å². The second kappa shape index (κ2) is 3.61. The predicted molar refractivity (Wildman–Crippen MR) is 57.4 cm³/mol. The fourth-order valence-electron chi connectivity index (χ4n) is 1.36. The summed E-state index contributed by atoms with van der Waals surface area (Å²) in [5.41, 5.74) is 0.115. The predicted octanol–water partition coefficient (Wildman–Crippen LogP) is 0.437. The van der Waals surface area contributed by atoms with Gasteiger partial charge in [-0.2, -0.15) is 5.10 Å². The van der Waals surface area contributed by atoms with E-state index >= 15 is 0 Å². The van der Waals surface area contributed by atoms with Gasteiger partial charge in [-0.3, -0.25) is 9.48 Å². The van der Waals surface area contributed by atoms with Crippen LogP contribution in [0.2, 0.25) is 0 Å². The van der Waals surface area contributed by atoms with Crippen LogP contribution < -0.4 is 5.32 Å². The number of aryl methyl sites for hydroxylation is 1. The van der Waals surface area contributed by atoms with E-state index in [9.17, 15) is 4.79 Å². The number of rotatable bonds is 3. The Kier molecular flexibility index (Phi) is 2.56. The van der Waals surface area contributed by atoms with Crippen molar-refractivity contribution in [1.29, 1.82) is 0 Å². The lowest BCUT2D eigenvalue weighted by Gasteiger charge is -2.13. The molecule has 0 aromatic carbocycles. The number of carbonyl (C=O) groups is 1. The van der Waals surface area contributed by atoms with Crippen LogP contribution in [-0.4, -0.2) is 32.9 Å². The number of aromatic nitrogens is 2. The van der Waals surface area contributed by atoms with E-state index in [0.717, 1.165) is 12.8 Å². The zero-order chi connectivity index (χ0) is 11.1. The highest BCUT2D eigenvalue weighted by molar-refractivity contribution is 9.10. The van der Waals surface area contributed by atoms with Crippen molar-refractivity contribution in [2.45, 2.75) is 18.4 Å². The van der Waals surface area contributed by atoms with Gasteiger partial charge in [0.15, 0.2) is 0 Å². The Hall–Kier alpha value is -0.880. The van der Waals surface area contributed by atoms with Crippen molar-refractivity contribution in [3.8, 4) is 0 Å². The number of nitrogens with one attached hydrogen (secondary N) is 1. The Morgan fingerprint density at radius 1 is 1.80 bits per heavy atom. The topological polar surface area (TPSA) is 67.2 Å². The highest BCUT2D eigenvalue weighted by Gasteiger charge is 2.43. The van der Waals surface area contributed by atoms with Gasteiger partial charge < -0.3 is 10.4 Å². The number of aliphatic hydroxyl groups excluding tert-OH is 1. The van der Waals surface area contributed by atoms with Crippen LogP contribution in [0.5, 0.6) is 0 Å². The van der Waals surface area contributed by atoms with Gasteiger partial charge in [0.05, 0.1) is 23.9 Å².